The summed E-state index contributed by atoms with van der Waals surface area (Å²) in [7, 11) is 0. The number of halogens is 4. The SMILES string of the molecule is CCCCNC(=O)[C@](C)(N)c1nc2c(Br)cccc2c2nc(-c3ccc(Cl)cc3OC(F)F)nn12. The molecule has 0 aliphatic heterocycles. The molecule has 0 aliphatic rings. The Morgan fingerprint density at radius 1 is 1.31 bits per heavy atom. The third-order valence-electron chi connectivity index (χ3n) is 5.41. The van der Waals surface area contributed by atoms with Crippen LogP contribution in [0.15, 0.2) is 40.9 Å². The summed E-state index contributed by atoms with van der Waals surface area (Å²) in [4.78, 5) is 22.3. The predicted octanol–water partition coefficient (Wildman–Crippen LogP) is 5.05. The van der Waals surface area contributed by atoms with Gasteiger partial charge in [-0.15, -0.1) is 5.10 Å². The van der Waals surface area contributed by atoms with E-state index in [0.29, 0.717) is 27.6 Å². The number of para-hydroxylation sites is 1. The van der Waals surface area contributed by atoms with E-state index in [-0.39, 0.29) is 28.0 Å². The normalized spacial score (nSPS) is 13.4. The van der Waals surface area contributed by atoms with E-state index in [1.165, 1.54) is 29.6 Å². The molecular weight excluding hydrogens is 546 g/mol. The van der Waals surface area contributed by atoms with Gasteiger partial charge >= 0.3 is 6.61 Å². The van der Waals surface area contributed by atoms with E-state index in [9.17, 15) is 13.6 Å². The summed E-state index contributed by atoms with van der Waals surface area (Å²) in [6.45, 7) is 0.939. The first-order valence-electron chi connectivity index (χ1n) is 10.8. The number of carbonyl (C=O) groups excluding carboxylic acids is 1. The third-order valence-corrected chi connectivity index (χ3v) is 6.28. The number of aromatic nitrogens is 4. The molecule has 3 N–H and O–H groups in total. The molecule has 2 aromatic heterocycles. The molecule has 0 aliphatic carbocycles. The molecule has 0 unspecified atom stereocenters. The number of rotatable bonds is 8. The Kier molecular flexibility index (Phi) is 7.20. The fourth-order valence-electron chi connectivity index (χ4n) is 3.59. The fourth-order valence-corrected chi connectivity index (χ4v) is 4.20. The summed E-state index contributed by atoms with van der Waals surface area (Å²) in [6.07, 6.45) is 1.70. The number of nitrogens with one attached hydrogen (secondary N) is 1. The van der Waals surface area contributed by atoms with Crippen LogP contribution >= 0.6 is 27.5 Å². The second-order valence-corrected chi connectivity index (χ2v) is 9.36. The summed E-state index contributed by atoms with van der Waals surface area (Å²) >= 11 is 9.48. The van der Waals surface area contributed by atoms with Gasteiger partial charge in [0.15, 0.2) is 22.8 Å². The van der Waals surface area contributed by atoms with Gasteiger partial charge in [0.1, 0.15) is 5.75 Å². The number of amides is 1. The van der Waals surface area contributed by atoms with Gasteiger partial charge in [-0.1, -0.05) is 31.0 Å². The lowest BCUT2D eigenvalue weighted by Gasteiger charge is -2.24. The van der Waals surface area contributed by atoms with Gasteiger partial charge in [-0.05, 0) is 59.6 Å². The van der Waals surface area contributed by atoms with Crippen molar-refractivity contribution in [3.63, 3.8) is 0 Å². The summed E-state index contributed by atoms with van der Waals surface area (Å²) in [5.74, 6) is -0.410. The van der Waals surface area contributed by atoms with Crippen LogP contribution in [0.2, 0.25) is 5.02 Å². The van der Waals surface area contributed by atoms with E-state index in [4.69, 9.17) is 17.3 Å². The highest BCUT2D eigenvalue weighted by molar-refractivity contribution is 9.10. The minimum absolute atomic E-state index is 0.0787. The van der Waals surface area contributed by atoms with E-state index in [1.54, 1.807) is 18.2 Å². The van der Waals surface area contributed by atoms with Crippen LogP contribution in [-0.2, 0) is 10.3 Å². The maximum atomic E-state index is 13.1. The monoisotopic (exact) mass is 566 g/mol. The number of unbranched alkanes of at least 4 members (excludes halogenated alkanes) is 1. The van der Waals surface area contributed by atoms with Crippen molar-refractivity contribution in [2.75, 3.05) is 6.54 Å². The number of hydrogen-bond acceptors (Lipinski definition) is 6. The molecular formula is C23H22BrClF2N6O2. The molecule has 184 valence electrons. The van der Waals surface area contributed by atoms with E-state index >= 15 is 0 Å². The lowest BCUT2D eigenvalue weighted by Crippen LogP contribution is -2.51. The van der Waals surface area contributed by atoms with Crippen LogP contribution in [0.4, 0.5) is 8.78 Å². The smallest absolute Gasteiger partial charge is 0.387 e. The maximum absolute atomic E-state index is 13.1. The van der Waals surface area contributed by atoms with Gasteiger partial charge in [-0.3, -0.25) is 4.79 Å². The number of carbonyl (C=O) groups is 1. The third kappa shape index (κ3) is 4.93. The first-order chi connectivity index (χ1) is 16.6. The molecule has 35 heavy (non-hydrogen) atoms. The molecule has 2 heterocycles. The molecule has 1 amide bonds. The Bertz CT molecular complexity index is 1410. The minimum atomic E-state index is -3.07. The molecule has 4 rings (SSSR count). The topological polar surface area (TPSA) is 107 Å². The van der Waals surface area contributed by atoms with Crippen LogP contribution < -0.4 is 15.8 Å². The highest BCUT2D eigenvalue weighted by Crippen LogP contribution is 2.34. The van der Waals surface area contributed by atoms with Gasteiger partial charge in [-0.25, -0.2) is 9.97 Å². The van der Waals surface area contributed by atoms with Gasteiger partial charge in [0.25, 0.3) is 0 Å². The standard InChI is InChI=1S/C23H22BrClF2N6O2/c1-3-4-10-29-21(34)23(2,28)20-30-17-14(6-5-7-15(17)24)19-31-18(32-33(19)20)13-9-8-12(25)11-16(13)35-22(26)27/h5-9,11,22H,3-4,10,28H2,1-2H3,(H,29,34)/t23-/m1/s1. The first-order valence-corrected chi connectivity index (χ1v) is 12.0. The fraction of sp³-hybridized carbons (Fsp3) is 0.304. The number of alkyl halides is 2. The Balaban J connectivity index is 1.96. The van der Waals surface area contributed by atoms with Crippen molar-refractivity contribution in [2.24, 2.45) is 5.73 Å². The van der Waals surface area contributed by atoms with Crippen molar-refractivity contribution in [1.29, 1.82) is 0 Å². The highest BCUT2D eigenvalue weighted by Gasteiger charge is 2.36. The molecule has 12 heteroatoms. The Morgan fingerprint density at radius 3 is 2.80 bits per heavy atom. The number of benzene rings is 2. The molecule has 2 aromatic carbocycles. The van der Waals surface area contributed by atoms with E-state index in [1.807, 2.05) is 6.92 Å². The van der Waals surface area contributed by atoms with Crippen LogP contribution in [0.5, 0.6) is 5.75 Å². The second-order valence-electron chi connectivity index (χ2n) is 8.07. The number of ether oxygens (including phenoxy) is 1. The summed E-state index contributed by atoms with van der Waals surface area (Å²) < 4.78 is 32.8. The number of hydrogen-bond donors (Lipinski definition) is 2. The van der Waals surface area contributed by atoms with Crippen molar-refractivity contribution in [1.82, 2.24) is 24.9 Å². The number of nitrogens with two attached hydrogens (primary N) is 1. The minimum Gasteiger partial charge on any atom is -0.434 e. The Morgan fingerprint density at radius 2 is 2.09 bits per heavy atom. The zero-order valence-corrected chi connectivity index (χ0v) is 21.2. The van der Waals surface area contributed by atoms with Crippen molar-refractivity contribution >= 4 is 50.0 Å². The number of fused-ring (bicyclic) bond motifs is 3. The molecule has 0 saturated carbocycles. The van der Waals surface area contributed by atoms with Crippen molar-refractivity contribution in [2.45, 2.75) is 38.8 Å². The molecule has 0 fully saturated rings. The summed E-state index contributed by atoms with van der Waals surface area (Å²) in [5, 5.41) is 8.17. The van der Waals surface area contributed by atoms with Gasteiger partial charge in [0.05, 0.1) is 11.1 Å². The van der Waals surface area contributed by atoms with E-state index in [0.717, 1.165) is 12.8 Å². The van der Waals surface area contributed by atoms with Gasteiger partial charge in [0, 0.05) is 21.4 Å². The molecule has 4 aromatic rings. The van der Waals surface area contributed by atoms with Gasteiger partial charge in [0.2, 0.25) is 5.91 Å². The van der Waals surface area contributed by atoms with Crippen LogP contribution in [-0.4, -0.2) is 38.6 Å². The second kappa shape index (κ2) is 10.00. The Hall–Kier alpha value is -2.89. The van der Waals surface area contributed by atoms with Crippen LogP contribution in [0.25, 0.3) is 27.9 Å². The van der Waals surface area contributed by atoms with Crippen LogP contribution in [0, 0.1) is 0 Å². The summed E-state index contributed by atoms with van der Waals surface area (Å²) in [5.41, 5.74) is 5.99. The molecule has 1 atom stereocenters. The zero-order valence-electron chi connectivity index (χ0n) is 18.9. The van der Waals surface area contributed by atoms with Crippen molar-refractivity contribution in [3.05, 3.63) is 51.7 Å². The van der Waals surface area contributed by atoms with Gasteiger partial charge < -0.3 is 15.8 Å². The van der Waals surface area contributed by atoms with Crippen molar-refractivity contribution in [3.8, 4) is 17.1 Å². The van der Waals surface area contributed by atoms with E-state index in [2.05, 4.69) is 41.1 Å². The summed E-state index contributed by atoms with van der Waals surface area (Å²) in [6, 6.07) is 9.65. The van der Waals surface area contributed by atoms with Crippen molar-refractivity contribution < 1.29 is 18.3 Å². The largest absolute Gasteiger partial charge is 0.434 e. The predicted molar refractivity (Wildman–Crippen MR) is 133 cm³/mol. The van der Waals surface area contributed by atoms with Gasteiger partial charge in [-0.2, -0.15) is 13.3 Å². The average Bonchev–Trinajstić information content (AvgIpc) is 3.24. The van der Waals surface area contributed by atoms with E-state index < -0.39 is 18.1 Å². The maximum Gasteiger partial charge on any atom is 0.387 e. The highest BCUT2D eigenvalue weighted by atomic mass is 79.9. The first kappa shape index (κ1) is 25.2. The lowest BCUT2D eigenvalue weighted by atomic mass is 10.0. The molecule has 0 bridgehead atoms. The Labute approximate surface area is 213 Å². The molecule has 0 saturated heterocycles. The quantitative estimate of drug-likeness (QED) is 0.289. The molecule has 8 nitrogen and oxygen atoms in total. The molecule has 0 radical (unpaired) electrons. The average molecular weight is 568 g/mol. The molecule has 0 spiro atoms. The van der Waals surface area contributed by atoms with Crippen LogP contribution in [0.3, 0.4) is 0 Å². The van der Waals surface area contributed by atoms with Crippen LogP contribution in [0.1, 0.15) is 32.5 Å². The number of nitrogens with zero attached hydrogens (tertiary/aromatic N) is 4. The zero-order chi connectivity index (χ0) is 25.3. The lowest BCUT2D eigenvalue weighted by molar-refractivity contribution is -0.126.